The molecule has 1 aliphatic heterocycles. The van der Waals surface area contributed by atoms with Gasteiger partial charge in [0.2, 0.25) is 11.8 Å². The molecule has 128 valence electrons. The Morgan fingerprint density at radius 1 is 1.12 bits per heavy atom. The lowest BCUT2D eigenvalue weighted by Crippen LogP contribution is -2.31. The van der Waals surface area contributed by atoms with Crippen LogP contribution in [0.1, 0.15) is 6.42 Å². The molecule has 0 bridgehead atoms. The molecule has 1 saturated heterocycles. The maximum Gasteiger partial charge on any atom is 0.247 e. The number of benzene rings is 2. The maximum atomic E-state index is 12.6. The summed E-state index contributed by atoms with van der Waals surface area (Å²) in [5.74, 6) is -0.687. The summed E-state index contributed by atoms with van der Waals surface area (Å²) in [6.07, 6.45) is 0.0403. The first-order valence-electron chi connectivity index (χ1n) is 7.33. The van der Waals surface area contributed by atoms with Crippen molar-refractivity contribution in [2.75, 3.05) is 4.90 Å². The van der Waals surface area contributed by atoms with Crippen molar-refractivity contribution >= 4 is 63.3 Å². The van der Waals surface area contributed by atoms with Crippen molar-refractivity contribution in [3.05, 3.63) is 58.6 Å². The van der Waals surface area contributed by atoms with Crippen molar-refractivity contribution in [1.82, 2.24) is 0 Å². The molecule has 0 unspecified atom stereocenters. The van der Waals surface area contributed by atoms with E-state index in [-0.39, 0.29) is 23.4 Å². The number of anilines is 1. The molecule has 1 fully saturated rings. The van der Waals surface area contributed by atoms with E-state index in [1.165, 1.54) is 18.2 Å². The monoisotopic (exact) mass is 393 g/mol. The molecule has 0 saturated carbocycles. The van der Waals surface area contributed by atoms with Crippen LogP contribution < -0.4 is 10.6 Å². The Bertz CT molecular complexity index is 838. The molecule has 0 aliphatic carbocycles. The number of para-hydroxylation sites is 1. The van der Waals surface area contributed by atoms with Gasteiger partial charge in [-0.05, 0) is 30.3 Å². The van der Waals surface area contributed by atoms with Gasteiger partial charge in [0.1, 0.15) is 5.25 Å². The summed E-state index contributed by atoms with van der Waals surface area (Å²) in [6.45, 7) is 0. The van der Waals surface area contributed by atoms with E-state index in [1.807, 2.05) is 18.2 Å². The van der Waals surface area contributed by atoms with Crippen LogP contribution in [0.5, 0.6) is 0 Å². The first-order chi connectivity index (χ1) is 11.9. The van der Waals surface area contributed by atoms with Gasteiger partial charge in [-0.3, -0.25) is 9.59 Å². The molecule has 2 N–H and O–H groups in total. The summed E-state index contributed by atoms with van der Waals surface area (Å²) < 4.78 is 0. The third kappa shape index (κ3) is 4.15. The van der Waals surface area contributed by atoms with Crippen LogP contribution in [-0.2, 0) is 9.59 Å². The van der Waals surface area contributed by atoms with Crippen LogP contribution in [0.2, 0.25) is 10.0 Å². The summed E-state index contributed by atoms with van der Waals surface area (Å²) in [4.78, 5) is 30.2. The molecule has 2 amide bonds. The number of nitrogens with two attached hydrogens (primary N) is 1. The van der Waals surface area contributed by atoms with Gasteiger partial charge in [-0.25, -0.2) is 9.89 Å². The summed E-state index contributed by atoms with van der Waals surface area (Å²) in [5, 5.41) is 0.301. The predicted octanol–water partition coefficient (Wildman–Crippen LogP) is 4.00. The van der Waals surface area contributed by atoms with Gasteiger partial charge in [0.15, 0.2) is 5.17 Å². The Morgan fingerprint density at radius 2 is 1.76 bits per heavy atom. The number of imide groups is 1. The van der Waals surface area contributed by atoms with Crippen LogP contribution in [0.3, 0.4) is 0 Å². The number of hydrogen-bond acceptors (Lipinski definition) is 4. The molecule has 8 heteroatoms. The van der Waals surface area contributed by atoms with Gasteiger partial charge in [-0.15, -0.1) is 0 Å². The largest absolute Gasteiger partial charge is 0.378 e. The van der Waals surface area contributed by atoms with Crippen molar-refractivity contribution in [2.45, 2.75) is 11.7 Å². The number of amidine groups is 1. The van der Waals surface area contributed by atoms with Crippen LogP contribution in [0.25, 0.3) is 0 Å². The molecule has 25 heavy (non-hydrogen) atoms. The Hall–Kier alpha value is -2.02. The second kappa shape index (κ2) is 7.47. The van der Waals surface area contributed by atoms with Crippen LogP contribution >= 0.6 is 35.0 Å². The molecule has 1 atom stereocenters. The topological polar surface area (TPSA) is 75.8 Å². The highest BCUT2D eigenvalue weighted by Gasteiger charge is 2.40. The number of carbonyl (C=O) groups excluding carboxylic acids is 2. The Morgan fingerprint density at radius 3 is 2.40 bits per heavy atom. The SMILES string of the molecule is NC(=Nc1ccccc1)S[C@H]1CC(=O)N(c2cc(Cl)cc(Cl)c2)C1=O. The molecule has 3 rings (SSSR count). The summed E-state index contributed by atoms with van der Waals surface area (Å²) >= 11 is 13.0. The third-order valence-electron chi connectivity index (χ3n) is 3.47. The van der Waals surface area contributed by atoms with Gasteiger partial charge in [0.05, 0.1) is 11.4 Å². The van der Waals surface area contributed by atoms with Crippen molar-refractivity contribution in [1.29, 1.82) is 0 Å². The molecule has 1 heterocycles. The number of halogens is 2. The van der Waals surface area contributed by atoms with Crippen LogP contribution in [0, 0.1) is 0 Å². The Labute approximate surface area is 158 Å². The number of rotatable bonds is 3. The highest BCUT2D eigenvalue weighted by molar-refractivity contribution is 8.15. The van der Waals surface area contributed by atoms with Gasteiger partial charge in [0.25, 0.3) is 0 Å². The second-order valence-electron chi connectivity index (χ2n) is 5.29. The van der Waals surface area contributed by atoms with E-state index in [0.29, 0.717) is 21.4 Å². The van der Waals surface area contributed by atoms with E-state index < -0.39 is 5.25 Å². The number of aliphatic imine (C=N–C) groups is 1. The number of amides is 2. The Kier molecular flexibility index (Phi) is 5.32. The van der Waals surface area contributed by atoms with E-state index in [1.54, 1.807) is 12.1 Å². The second-order valence-corrected chi connectivity index (χ2v) is 7.39. The smallest absolute Gasteiger partial charge is 0.247 e. The van der Waals surface area contributed by atoms with Crippen molar-refractivity contribution in [3.8, 4) is 0 Å². The quantitative estimate of drug-likeness (QED) is 0.485. The lowest BCUT2D eigenvalue weighted by Gasteiger charge is -2.15. The minimum Gasteiger partial charge on any atom is -0.378 e. The van der Waals surface area contributed by atoms with Gasteiger partial charge in [-0.2, -0.15) is 0 Å². The zero-order valence-corrected chi connectivity index (χ0v) is 15.2. The van der Waals surface area contributed by atoms with E-state index in [2.05, 4.69) is 4.99 Å². The highest BCUT2D eigenvalue weighted by Crippen LogP contribution is 2.33. The molecule has 0 spiro atoms. The normalized spacial score (nSPS) is 18.1. The van der Waals surface area contributed by atoms with Crippen molar-refractivity contribution < 1.29 is 9.59 Å². The number of thioether (sulfide) groups is 1. The standard InChI is InChI=1S/C17H13Cl2N3O2S/c18-10-6-11(19)8-13(7-10)22-15(23)9-14(16(22)24)25-17(20)21-12-4-2-1-3-5-12/h1-8,14H,9H2,(H2,20,21)/t14-/m0/s1. The lowest BCUT2D eigenvalue weighted by atomic mass is 10.3. The molecule has 2 aromatic carbocycles. The van der Waals surface area contributed by atoms with Crippen LogP contribution in [-0.4, -0.2) is 22.2 Å². The average Bonchev–Trinajstić information content (AvgIpc) is 2.81. The van der Waals surface area contributed by atoms with Gasteiger partial charge in [-0.1, -0.05) is 53.2 Å². The molecular weight excluding hydrogens is 381 g/mol. The minimum atomic E-state index is -0.627. The van der Waals surface area contributed by atoms with Crippen LogP contribution in [0.4, 0.5) is 11.4 Å². The number of hydrogen-bond donors (Lipinski definition) is 1. The van der Waals surface area contributed by atoms with Gasteiger partial charge in [0, 0.05) is 16.5 Å². The van der Waals surface area contributed by atoms with E-state index >= 15 is 0 Å². The van der Waals surface area contributed by atoms with E-state index in [0.717, 1.165) is 16.7 Å². The van der Waals surface area contributed by atoms with E-state index in [4.69, 9.17) is 28.9 Å². The number of carbonyl (C=O) groups is 2. The van der Waals surface area contributed by atoms with Crippen LogP contribution in [0.15, 0.2) is 53.5 Å². The van der Waals surface area contributed by atoms with Gasteiger partial charge < -0.3 is 5.73 Å². The number of nitrogens with zero attached hydrogens (tertiary/aromatic N) is 2. The fourth-order valence-corrected chi connectivity index (χ4v) is 3.83. The minimum absolute atomic E-state index is 0.0403. The lowest BCUT2D eigenvalue weighted by molar-refractivity contribution is -0.121. The summed E-state index contributed by atoms with van der Waals surface area (Å²) in [5.41, 5.74) is 6.95. The average molecular weight is 394 g/mol. The molecule has 5 nitrogen and oxygen atoms in total. The fourth-order valence-electron chi connectivity index (χ4n) is 2.44. The van der Waals surface area contributed by atoms with E-state index in [9.17, 15) is 9.59 Å². The molecular formula is C17H13Cl2N3O2S. The first kappa shape index (κ1) is 17.8. The first-order valence-corrected chi connectivity index (χ1v) is 8.96. The molecule has 1 aliphatic rings. The van der Waals surface area contributed by atoms with Crippen molar-refractivity contribution in [2.24, 2.45) is 10.7 Å². The maximum absolute atomic E-state index is 12.6. The zero-order chi connectivity index (χ0) is 18.0. The fraction of sp³-hybridized carbons (Fsp3) is 0.118. The Balaban J connectivity index is 1.78. The predicted molar refractivity (Wildman–Crippen MR) is 103 cm³/mol. The van der Waals surface area contributed by atoms with Gasteiger partial charge >= 0.3 is 0 Å². The highest BCUT2D eigenvalue weighted by atomic mass is 35.5. The summed E-state index contributed by atoms with van der Waals surface area (Å²) in [7, 11) is 0. The van der Waals surface area contributed by atoms with Crippen molar-refractivity contribution in [3.63, 3.8) is 0 Å². The zero-order valence-electron chi connectivity index (χ0n) is 12.9. The summed E-state index contributed by atoms with van der Waals surface area (Å²) in [6, 6.07) is 13.7. The molecule has 0 radical (unpaired) electrons. The molecule has 0 aromatic heterocycles. The molecule has 2 aromatic rings. The third-order valence-corrected chi connectivity index (χ3v) is 4.89.